The second-order valence-corrected chi connectivity index (χ2v) is 8.64. The number of benzene rings is 3. The van der Waals surface area contributed by atoms with E-state index in [4.69, 9.17) is 14.6 Å². The van der Waals surface area contributed by atoms with Crippen LogP contribution < -0.4 is 4.74 Å². The van der Waals surface area contributed by atoms with Gasteiger partial charge in [0.1, 0.15) is 12.0 Å². The molecule has 3 aromatic rings. The molecule has 4 rings (SSSR count). The highest BCUT2D eigenvalue weighted by molar-refractivity contribution is 5.90. The Kier molecular flexibility index (Phi) is 7.20. The van der Waals surface area contributed by atoms with E-state index in [9.17, 15) is 45.0 Å². The number of ether oxygens (including phenoxy) is 2. The number of esters is 1. The Bertz CT molecular complexity index is 1490. The normalized spacial score (nSPS) is 16.8. The summed E-state index contributed by atoms with van der Waals surface area (Å²) in [4.78, 5) is 36.7. The van der Waals surface area contributed by atoms with Gasteiger partial charge in [-0.15, -0.1) is 0 Å². The Hall–Kier alpha value is -5.39. The third-order valence-corrected chi connectivity index (χ3v) is 6.05. The van der Waals surface area contributed by atoms with Crippen LogP contribution >= 0.6 is 0 Å². The molecule has 0 amide bonds. The van der Waals surface area contributed by atoms with Gasteiger partial charge >= 0.3 is 17.9 Å². The SMILES string of the molecule is O=C(O)/C=C/c1ccc(O)c2c1C(C(=O)OC(Cc1ccc(O)c(O)c1)C(=O)O)C(c1ccc(O)c(O)c1)O2. The van der Waals surface area contributed by atoms with Gasteiger partial charge in [0.25, 0.3) is 0 Å². The van der Waals surface area contributed by atoms with E-state index in [0.29, 0.717) is 0 Å². The van der Waals surface area contributed by atoms with Crippen molar-refractivity contribution >= 4 is 24.0 Å². The van der Waals surface area contributed by atoms with E-state index < -0.39 is 64.8 Å². The number of fused-ring (bicyclic) bond motifs is 1. The molecule has 3 atom stereocenters. The first-order valence-electron chi connectivity index (χ1n) is 11.4. The summed E-state index contributed by atoms with van der Waals surface area (Å²) in [5, 5.41) is 68.3. The second-order valence-electron chi connectivity index (χ2n) is 8.64. The molecule has 7 N–H and O–H groups in total. The number of aliphatic carboxylic acids is 2. The summed E-state index contributed by atoms with van der Waals surface area (Å²) in [6, 6.07) is 9.74. The fraction of sp³-hybridized carbons (Fsp3) is 0.148. The van der Waals surface area contributed by atoms with Gasteiger partial charge in [-0.25, -0.2) is 9.59 Å². The van der Waals surface area contributed by atoms with Crippen molar-refractivity contribution in [3.8, 4) is 34.5 Å². The van der Waals surface area contributed by atoms with Crippen LogP contribution in [-0.4, -0.2) is 59.8 Å². The first kappa shape index (κ1) is 26.7. The van der Waals surface area contributed by atoms with Crippen LogP contribution in [0.1, 0.15) is 34.3 Å². The van der Waals surface area contributed by atoms with Crippen molar-refractivity contribution in [1.82, 2.24) is 0 Å². The van der Waals surface area contributed by atoms with Gasteiger partial charge in [0.05, 0.1) is 0 Å². The summed E-state index contributed by atoms with van der Waals surface area (Å²) >= 11 is 0. The summed E-state index contributed by atoms with van der Waals surface area (Å²) in [5.74, 6) is -7.87. The largest absolute Gasteiger partial charge is 0.504 e. The molecule has 1 aliphatic heterocycles. The highest BCUT2D eigenvalue weighted by atomic mass is 16.6. The number of carboxylic acids is 2. The molecule has 0 bridgehead atoms. The molecular formula is C27H22O12. The van der Waals surface area contributed by atoms with Crippen molar-refractivity contribution in [1.29, 1.82) is 0 Å². The van der Waals surface area contributed by atoms with Gasteiger partial charge in [-0.05, 0) is 53.1 Å². The molecule has 12 heteroatoms. The minimum Gasteiger partial charge on any atom is -0.504 e. The molecule has 1 aliphatic rings. The first-order chi connectivity index (χ1) is 18.5. The minimum atomic E-state index is -1.75. The van der Waals surface area contributed by atoms with E-state index in [1.807, 2.05) is 0 Å². The van der Waals surface area contributed by atoms with Crippen LogP contribution in [0, 0.1) is 0 Å². The molecule has 0 aliphatic carbocycles. The van der Waals surface area contributed by atoms with E-state index in [0.717, 1.165) is 36.4 Å². The molecule has 0 aromatic heterocycles. The highest BCUT2D eigenvalue weighted by Crippen LogP contribution is 2.53. The lowest BCUT2D eigenvalue weighted by Crippen LogP contribution is -2.32. The Morgan fingerprint density at radius 2 is 1.49 bits per heavy atom. The van der Waals surface area contributed by atoms with Gasteiger partial charge in [0.2, 0.25) is 6.10 Å². The summed E-state index contributed by atoms with van der Waals surface area (Å²) < 4.78 is 11.2. The average molecular weight is 538 g/mol. The summed E-state index contributed by atoms with van der Waals surface area (Å²) in [6.45, 7) is 0. The molecule has 0 saturated heterocycles. The predicted octanol–water partition coefficient (Wildman–Crippen LogP) is 2.77. The average Bonchev–Trinajstić information content (AvgIpc) is 3.29. The Morgan fingerprint density at radius 3 is 2.10 bits per heavy atom. The van der Waals surface area contributed by atoms with Crippen LogP contribution in [0.4, 0.5) is 0 Å². The number of hydrogen-bond donors (Lipinski definition) is 7. The van der Waals surface area contributed by atoms with Crippen molar-refractivity contribution in [2.24, 2.45) is 0 Å². The molecule has 0 spiro atoms. The van der Waals surface area contributed by atoms with Crippen molar-refractivity contribution in [3.05, 3.63) is 76.9 Å². The van der Waals surface area contributed by atoms with Crippen LogP contribution in [0.25, 0.3) is 6.08 Å². The van der Waals surface area contributed by atoms with Gasteiger partial charge in [0.15, 0.2) is 34.5 Å². The highest BCUT2D eigenvalue weighted by Gasteiger charge is 2.45. The summed E-state index contributed by atoms with van der Waals surface area (Å²) in [5.41, 5.74) is 0.567. The van der Waals surface area contributed by atoms with E-state index in [1.165, 1.54) is 24.3 Å². The number of hydrogen-bond acceptors (Lipinski definition) is 10. The molecule has 12 nitrogen and oxygen atoms in total. The smallest absolute Gasteiger partial charge is 0.345 e. The van der Waals surface area contributed by atoms with Crippen molar-refractivity contribution < 1.29 is 59.6 Å². The number of carboxylic acid groups (broad SMARTS) is 2. The fourth-order valence-electron chi connectivity index (χ4n) is 4.22. The third kappa shape index (κ3) is 5.49. The van der Waals surface area contributed by atoms with Crippen LogP contribution in [-0.2, 0) is 25.5 Å². The fourth-order valence-corrected chi connectivity index (χ4v) is 4.22. The van der Waals surface area contributed by atoms with Crippen LogP contribution in [0.3, 0.4) is 0 Å². The number of carbonyl (C=O) groups excluding carboxylic acids is 1. The van der Waals surface area contributed by atoms with E-state index >= 15 is 0 Å². The molecule has 1 heterocycles. The molecule has 202 valence electrons. The maximum absolute atomic E-state index is 13.6. The third-order valence-electron chi connectivity index (χ3n) is 6.05. The minimum absolute atomic E-state index is 0.0153. The molecule has 3 unspecified atom stereocenters. The summed E-state index contributed by atoms with van der Waals surface area (Å²) in [6.07, 6.45) is -1.46. The van der Waals surface area contributed by atoms with E-state index in [1.54, 1.807) is 0 Å². The van der Waals surface area contributed by atoms with Crippen molar-refractivity contribution in [3.63, 3.8) is 0 Å². The maximum atomic E-state index is 13.6. The van der Waals surface area contributed by atoms with Crippen molar-refractivity contribution in [2.75, 3.05) is 0 Å². The Morgan fingerprint density at radius 1 is 0.846 bits per heavy atom. The van der Waals surface area contributed by atoms with Gasteiger partial charge in [-0.1, -0.05) is 18.2 Å². The number of rotatable bonds is 8. The Balaban J connectivity index is 1.77. The van der Waals surface area contributed by atoms with Crippen molar-refractivity contribution in [2.45, 2.75) is 24.5 Å². The van der Waals surface area contributed by atoms with Crippen LogP contribution in [0.5, 0.6) is 34.5 Å². The molecule has 0 saturated carbocycles. The van der Waals surface area contributed by atoms with Crippen LogP contribution in [0.2, 0.25) is 0 Å². The second kappa shape index (κ2) is 10.5. The van der Waals surface area contributed by atoms with Gasteiger partial charge in [-0.2, -0.15) is 0 Å². The first-order valence-corrected chi connectivity index (χ1v) is 11.4. The molecular weight excluding hydrogens is 516 g/mol. The van der Waals surface area contributed by atoms with Gasteiger partial charge in [0, 0.05) is 18.1 Å². The van der Waals surface area contributed by atoms with Gasteiger partial charge < -0.3 is 45.2 Å². The summed E-state index contributed by atoms with van der Waals surface area (Å²) in [7, 11) is 0. The predicted molar refractivity (Wildman–Crippen MR) is 132 cm³/mol. The van der Waals surface area contributed by atoms with E-state index in [-0.39, 0.29) is 34.4 Å². The Labute approximate surface area is 219 Å². The van der Waals surface area contributed by atoms with Crippen LogP contribution in [0.15, 0.2) is 54.6 Å². The zero-order valence-corrected chi connectivity index (χ0v) is 19.9. The lowest BCUT2D eigenvalue weighted by Gasteiger charge is -2.22. The molecule has 0 fully saturated rings. The zero-order chi connectivity index (χ0) is 28.4. The van der Waals surface area contributed by atoms with E-state index in [2.05, 4.69) is 0 Å². The topological polar surface area (TPSA) is 211 Å². The molecule has 39 heavy (non-hydrogen) atoms. The van der Waals surface area contributed by atoms with Gasteiger partial charge in [-0.3, -0.25) is 4.79 Å². The number of phenolic OH excluding ortho intramolecular Hbond substituents is 5. The molecule has 3 aromatic carbocycles. The standard InChI is InChI=1S/C27H22O12/c28-15-5-1-12(9-18(15)31)10-20(26(35)36)38-27(37)23-22-13(4-8-21(33)34)2-7-17(30)25(22)39-24(23)14-3-6-16(29)19(32)11-14/h1-9,11,20,23-24,28-32H,10H2,(H,33,34)(H,35,36)/b8-4+. The quantitative estimate of drug-likeness (QED) is 0.125. The monoisotopic (exact) mass is 538 g/mol. The number of phenols is 5. The maximum Gasteiger partial charge on any atom is 0.345 e. The lowest BCUT2D eigenvalue weighted by molar-refractivity contribution is -0.166. The lowest BCUT2D eigenvalue weighted by atomic mass is 9.87. The zero-order valence-electron chi connectivity index (χ0n) is 19.9. The number of carbonyl (C=O) groups is 3. The molecule has 0 radical (unpaired) electrons. The number of aromatic hydroxyl groups is 5.